The molecule has 6 atom stereocenters. The van der Waals surface area contributed by atoms with Crippen LogP contribution in [0.25, 0.3) is 0 Å². The van der Waals surface area contributed by atoms with E-state index in [1.807, 2.05) is 0 Å². The molecule has 162 valence electrons. The van der Waals surface area contributed by atoms with E-state index in [9.17, 15) is 9.59 Å². The Morgan fingerprint density at radius 1 is 1.10 bits per heavy atom. The second-order valence-electron chi connectivity index (χ2n) is 10.8. The third kappa shape index (κ3) is 4.17. The van der Waals surface area contributed by atoms with Crippen LogP contribution >= 0.6 is 0 Å². The van der Waals surface area contributed by atoms with E-state index < -0.39 is 5.97 Å². The maximum absolute atomic E-state index is 12.1. The molecule has 0 aromatic carbocycles. The van der Waals surface area contributed by atoms with Crippen LogP contribution in [-0.2, 0) is 9.59 Å². The zero-order chi connectivity index (χ0) is 21.4. The second kappa shape index (κ2) is 8.78. The van der Waals surface area contributed by atoms with Gasteiger partial charge in [-0.05, 0) is 85.4 Å². The van der Waals surface area contributed by atoms with E-state index in [1.54, 1.807) is 6.92 Å². The van der Waals surface area contributed by atoms with Crippen molar-refractivity contribution in [2.24, 2.45) is 34.0 Å². The van der Waals surface area contributed by atoms with Crippen molar-refractivity contribution in [3.8, 4) is 0 Å². The van der Waals surface area contributed by atoms with Gasteiger partial charge in [0, 0.05) is 18.9 Å². The Labute approximate surface area is 193 Å². The van der Waals surface area contributed by atoms with Crippen molar-refractivity contribution < 1.29 is 14.7 Å². The van der Waals surface area contributed by atoms with Crippen LogP contribution in [0.5, 0.6) is 0 Å². The van der Waals surface area contributed by atoms with Gasteiger partial charge in [-0.1, -0.05) is 27.2 Å². The van der Waals surface area contributed by atoms with Gasteiger partial charge in [0.05, 0.1) is 0 Å². The Hall–Kier alpha value is -0.138. The fraction of sp³-hybridized carbons (Fsp3) is 0.917. The van der Waals surface area contributed by atoms with E-state index in [0.29, 0.717) is 28.2 Å². The van der Waals surface area contributed by atoms with Crippen LogP contribution in [0, 0.1) is 34.0 Å². The van der Waals surface area contributed by atoms with Gasteiger partial charge >= 0.3 is 36.2 Å². The molecule has 5 rings (SSSR count). The number of carbonyl (C=O) groups is 2. The molecule has 0 bridgehead atoms. The van der Waals surface area contributed by atoms with E-state index in [-0.39, 0.29) is 6.42 Å². The van der Waals surface area contributed by atoms with Gasteiger partial charge in [-0.15, -0.1) is 0 Å². The van der Waals surface area contributed by atoms with Gasteiger partial charge in [0.15, 0.2) is 0 Å². The summed E-state index contributed by atoms with van der Waals surface area (Å²) < 4.78 is 2.17. The number of carboxylic acids is 1. The maximum atomic E-state index is 12.1. The summed E-state index contributed by atoms with van der Waals surface area (Å²) in [5.41, 5.74) is 1.53. The molecule has 0 aromatic heterocycles. The molecule has 0 radical (unpaired) electrons. The summed E-state index contributed by atoms with van der Waals surface area (Å²) in [5, 5.41) is 11.2. The van der Waals surface area contributed by atoms with Crippen LogP contribution in [0.4, 0.5) is 0 Å². The summed E-state index contributed by atoms with van der Waals surface area (Å²) >= 11 is 1.17. The number of amides is 1. The fourth-order valence-electron chi connectivity index (χ4n) is 7.80. The molecule has 4 unspecified atom stereocenters. The van der Waals surface area contributed by atoms with Gasteiger partial charge in [-0.2, -0.15) is 0 Å². The standard InChI is InChI=1S/C20H31NO.C3H6O2.CH3.Tl/c1-18-7-3-4-14(18)13-12-20(10-11-20)17-19(2,15(13)5-8-18)9-6-16(22)21-17;1-2-3(4)5;;/h13-15,17H,3-12H2,1-2H3,(H,21,22);2H2,1H3,(H,4,5);1H3;/t13?,14?,15?,17?,18-,19+;;;/m0.../s1. The van der Waals surface area contributed by atoms with Crippen LogP contribution < -0.4 is 5.32 Å². The Balaban J connectivity index is 0.000000304. The molecule has 5 heteroatoms. The van der Waals surface area contributed by atoms with Crippen molar-refractivity contribution >= 4 is 37.6 Å². The average molecular weight is 595 g/mol. The Morgan fingerprint density at radius 3 is 2.34 bits per heavy atom. The molecule has 1 heterocycles. The number of hydrogen-bond donors (Lipinski definition) is 2. The topological polar surface area (TPSA) is 66.4 Å². The van der Waals surface area contributed by atoms with E-state index in [4.69, 9.17) is 5.11 Å². The van der Waals surface area contributed by atoms with Gasteiger partial charge in [0.2, 0.25) is 5.91 Å². The molecule has 5 aliphatic rings. The second-order valence-corrected chi connectivity index (χ2v) is 10.8. The predicted octanol–water partition coefficient (Wildman–Crippen LogP) is 4.97. The summed E-state index contributed by atoms with van der Waals surface area (Å²) in [6.07, 6.45) is 13.6. The number of fused-ring (bicyclic) bond motifs is 6. The van der Waals surface area contributed by atoms with Gasteiger partial charge in [-0.25, -0.2) is 0 Å². The Bertz CT molecular complexity index is 634. The van der Waals surface area contributed by atoms with Crippen molar-refractivity contribution in [1.82, 2.24) is 5.32 Å². The first kappa shape index (κ1) is 23.5. The monoisotopic (exact) mass is 595 g/mol. The minimum atomic E-state index is -0.745. The summed E-state index contributed by atoms with van der Waals surface area (Å²) in [5.74, 6) is 2.40. The zero-order valence-electron chi connectivity index (χ0n) is 18.9. The van der Waals surface area contributed by atoms with Crippen LogP contribution in [0.15, 0.2) is 0 Å². The first-order chi connectivity index (χ1) is 13.7. The van der Waals surface area contributed by atoms with Gasteiger partial charge in [0.1, 0.15) is 0 Å². The molecular weight excluding hydrogens is 555 g/mol. The summed E-state index contributed by atoms with van der Waals surface area (Å²) in [6, 6.07) is 0.494. The number of rotatable bonds is 1. The summed E-state index contributed by atoms with van der Waals surface area (Å²) in [4.78, 5) is 21.4. The summed E-state index contributed by atoms with van der Waals surface area (Å²) in [7, 11) is 0. The fourth-order valence-corrected chi connectivity index (χ4v) is 7.80. The molecule has 4 saturated carbocycles. The summed E-state index contributed by atoms with van der Waals surface area (Å²) in [6.45, 7) is 6.74. The van der Waals surface area contributed by atoms with Crippen molar-refractivity contribution in [2.75, 3.05) is 0 Å². The van der Waals surface area contributed by atoms with Crippen molar-refractivity contribution in [1.29, 1.82) is 0 Å². The Kier molecular flexibility index (Phi) is 7.12. The molecule has 2 N–H and O–H groups in total. The van der Waals surface area contributed by atoms with E-state index >= 15 is 0 Å². The quantitative estimate of drug-likeness (QED) is 0.422. The zero-order valence-corrected chi connectivity index (χ0v) is 23.4. The van der Waals surface area contributed by atoms with Crippen LogP contribution in [0.3, 0.4) is 0 Å². The average Bonchev–Trinajstić information content (AvgIpc) is 3.36. The van der Waals surface area contributed by atoms with Crippen molar-refractivity contribution in [2.45, 2.75) is 102 Å². The number of nitrogens with one attached hydrogen (secondary N) is 1. The van der Waals surface area contributed by atoms with Gasteiger partial charge < -0.3 is 10.4 Å². The van der Waals surface area contributed by atoms with Crippen LogP contribution in [-0.4, -0.2) is 48.8 Å². The number of carboxylic acid groups (broad SMARTS) is 1. The number of piperidine rings is 1. The minimum absolute atomic E-state index is 0.222. The first-order valence-electron chi connectivity index (χ1n) is 11.8. The van der Waals surface area contributed by atoms with Crippen molar-refractivity contribution in [3.63, 3.8) is 0 Å². The number of carbonyl (C=O) groups excluding carboxylic acids is 1. The molecule has 1 spiro atoms. The number of aliphatic carboxylic acids is 1. The number of hydrogen-bond acceptors (Lipinski definition) is 2. The van der Waals surface area contributed by atoms with Gasteiger partial charge in [0.25, 0.3) is 0 Å². The van der Waals surface area contributed by atoms with E-state index in [1.165, 1.54) is 77.1 Å². The molecule has 1 amide bonds. The third-order valence-electron chi connectivity index (χ3n) is 9.37. The molecule has 1 saturated heterocycles. The van der Waals surface area contributed by atoms with Crippen LogP contribution in [0.1, 0.15) is 91.4 Å². The van der Waals surface area contributed by atoms with E-state index in [2.05, 4.69) is 23.6 Å². The molecule has 4 nitrogen and oxygen atoms in total. The Morgan fingerprint density at radius 2 is 1.76 bits per heavy atom. The van der Waals surface area contributed by atoms with Crippen molar-refractivity contribution in [3.05, 3.63) is 0 Å². The molecular formula is C24H40NO3Tl. The third-order valence-corrected chi connectivity index (χ3v) is 9.37. The predicted molar refractivity (Wildman–Crippen MR) is 117 cm³/mol. The first-order valence-corrected chi connectivity index (χ1v) is 16.3. The SMILES string of the molecule is CCC(=O)O.C[C@@]12CCCC1C1CC3(CC3)C3NC(=O)CC[C@]3(C)C1CC2.[CH3][Tl]. The molecule has 1 aliphatic heterocycles. The molecule has 5 fully saturated rings. The molecule has 29 heavy (non-hydrogen) atoms. The molecule has 4 aliphatic carbocycles. The molecule has 0 aromatic rings. The normalized spacial score (nSPS) is 43.2. The van der Waals surface area contributed by atoms with Gasteiger partial charge in [-0.3, -0.25) is 9.59 Å². The van der Waals surface area contributed by atoms with Crippen LogP contribution in [0.2, 0.25) is 4.48 Å². The van der Waals surface area contributed by atoms with E-state index in [0.717, 1.165) is 30.6 Å².